The van der Waals surface area contributed by atoms with E-state index in [0.717, 1.165) is 45.0 Å². The predicted molar refractivity (Wildman–Crippen MR) is 67.8 cm³/mol. The fourth-order valence-corrected chi connectivity index (χ4v) is 2.13. The van der Waals surface area contributed by atoms with E-state index in [1.807, 2.05) is 6.20 Å². The van der Waals surface area contributed by atoms with E-state index >= 15 is 0 Å². The highest BCUT2D eigenvalue weighted by molar-refractivity contribution is 5.12. The van der Waals surface area contributed by atoms with Crippen LogP contribution in [0.2, 0.25) is 0 Å². The molecule has 1 N–H and O–H groups in total. The molecule has 4 heteroatoms. The molecule has 0 aromatic carbocycles. The second-order valence-corrected chi connectivity index (χ2v) is 4.67. The number of pyridine rings is 1. The Hall–Kier alpha value is -0.970. The number of aliphatic hydroxyl groups excluding tert-OH is 1. The molecule has 1 aliphatic rings. The van der Waals surface area contributed by atoms with Gasteiger partial charge in [-0.05, 0) is 18.6 Å². The van der Waals surface area contributed by atoms with Crippen molar-refractivity contribution in [2.24, 2.45) is 0 Å². The minimum Gasteiger partial charge on any atom is -0.395 e. The Labute approximate surface area is 103 Å². The van der Waals surface area contributed by atoms with E-state index in [1.54, 1.807) is 0 Å². The zero-order valence-electron chi connectivity index (χ0n) is 10.5. The van der Waals surface area contributed by atoms with Crippen LogP contribution in [0.3, 0.4) is 0 Å². The highest BCUT2D eigenvalue weighted by atomic mass is 16.3. The lowest BCUT2D eigenvalue weighted by molar-refractivity contribution is 0.107. The number of hydrogen-bond donors (Lipinski definition) is 1. The predicted octanol–water partition coefficient (Wildman–Crippen LogP) is 0.500. The summed E-state index contributed by atoms with van der Waals surface area (Å²) < 4.78 is 0. The quantitative estimate of drug-likeness (QED) is 0.825. The van der Waals surface area contributed by atoms with Crippen molar-refractivity contribution in [1.82, 2.24) is 14.8 Å². The highest BCUT2D eigenvalue weighted by Gasteiger charge is 2.16. The van der Waals surface area contributed by atoms with E-state index in [4.69, 9.17) is 5.11 Å². The Kier molecular flexibility index (Phi) is 4.48. The third-order valence-electron chi connectivity index (χ3n) is 3.24. The van der Waals surface area contributed by atoms with Gasteiger partial charge in [0.15, 0.2) is 0 Å². The van der Waals surface area contributed by atoms with Gasteiger partial charge in [0.2, 0.25) is 0 Å². The maximum absolute atomic E-state index is 8.88. The molecule has 1 aromatic heterocycles. The van der Waals surface area contributed by atoms with Crippen molar-refractivity contribution < 1.29 is 5.11 Å². The molecule has 94 valence electrons. The number of hydrogen-bond acceptors (Lipinski definition) is 4. The molecule has 0 spiro atoms. The van der Waals surface area contributed by atoms with Gasteiger partial charge in [-0.3, -0.25) is 14.8 Å². The molecule has 0 amide bonds. The average molecular weight is 235 g/mol. The van der Waals surface area contributed by atoms with Crippen molar-refractivity contribution in [1.29, 1.82) is 0 Å². The number of aromatic nitrogens is 1. The van der Waals surface area contributed by atoms with Gasteiger partial charge in [-0.15, -0.1) is 0 Å². The van der Waals surface area contributed by atoms with Crippen molar-refractivity contribution in [3.05, 3.63) is 29.6 Å². The van der Waals surface area contributed by atoms with Crippen LogP contribution in [0.25, 0.3) is 0 Å². The maximum atomic E-state index is 8.88. The van der Waals surface area contributed by atoms with Crippen molar-refractivity contribution in [2.45, 2.75) is 13.5 Å². The first-order chi connectivity index (χ1) is 8.28. The summed E-state index contributed by atoms with van der Waals surface area (Å²) in [5.41, 5.74) is 2.35. The fraction of sp³-hybridized carbons (Fsp3) is 0.615. The molecule has 0 atom stereocenters. The van der Waals surface area contributed by atoms with Crippen molar-refractivity contribution >= 4 is 0 Å². The first-order valence-electron chi connectivity index (χ1n) is 6.25. The van der Waals surface area contributed by atoms with E-state index in [9.17, 15) is 0 Å². The van der Waals surface area contributed by atoms with E-state index in [-0.39, 0.29) is 6.61 Å². The lowest BCUT2D eigenvalue weighted by Crippen LogP contribution is -2.46. The van der Waals surface area contributed by atoms with Crippen molar-refractivity contribution in [3.8, 4) is 0 Å². The van der Waals surface area contributed by atoms with Crippen molar-refractivity contribution in [3.63, 3.8) is 0 Å². The number of aryl methyl sites for hydroxylation is 1. The first-order valence-corrected chi connectivity index (χ1v) is 6.25. The molecule has 1 aliphatic heterocycles. The number of aliphatic hydroxyl groups is 1. The van der Waals surface area contributed by atoms with Gasteiger partial charge in [0, 0.05) is 45.5 Å². The molecule has 0 radical (unpaired) electrons. The van der Waals surface area contributed by atoms with Crippen LogP contribution >= 0.6 is 0 Å². The molecular formula is C13H21N3O. The van der Waals surface area contributed by atoms with Crippen LogP contribution in [0.15, 0.2) is 18.3 Å². The zero-order valence-corrected chi connectivity index (χ0v) is 10.5. The number of piperazine rings is 1. The van der Waals surface area contributed by atoms with Crippen molar-refractivity contribution in [2.75, 3.05) is 39.3 Å². The molecule has 1 saturated heterocycles. The molecule has 1 aromatic rings. The normalized spacial score (nSPS) is 18.5. The highest BCUT2D eigenvalue weighted by Crippen LogP contribution is 2.07. The van der Waals surface area contributed by atoms with Gasteiger partial charge in [0.25, 0.3) is 0 Å². The number of rotatable bonds is 4. The largest absolute Gasteiger partial charge is 0.395 e. The van der Waals surface area contributed by atoms with Gasteiger partial charge >= 0.3 is 0 Å². The minimum absolute atomic E-state index is 0.263. The average Bonchev–Trinajstić information content (AvgIpc) is 2.35. The van der Waals surface area contributed by atoms with E-state index in [2.05, 4.69) is 33.8 Å². The van der Waals surface area contributed by atoms with Crippen LogP contribution in [0, 0.1) is 6.92 Å². The summed E-state index contributed by atoms with van der Waals surface area (Å²) in [6.45, 7) is 8.29. The molecule has 2 rings (SSSR count). The second kappa shape index (κ2) is 6.10. The second-order valence-electron chi connectivity index (χ2n) is 4.67. The lowest BCUT2D eigenvalue weighted by Gasteiger charge is -2.34. The third-order valence-corrected chi connectivity index (χ3v) is 3.24. The molecule has 0 aliphatic carbocycles. The standard InChI is InChI=1S/C13H21N3O/c1-12-2-3-13(14-10-12)11-16-6-4-15(5-7-16)8-9-17/h2-3,10,17H,4-9,11H2,1H3. The van der Waals surface area contributed by atoms with Crippen LogP contribution in [0.5, 0.6) is 0 Å². The molecule has 4 nitrogen and oxygen atoms in total. The summed E-state index contributed by atoms with van der Waals surface area (Å²) >= 11 is 0. The Morgan fingerprint density at radius 1 is 1.18 bits per heavy atom. The molecule has 0 unspecified atom stereocenters. The summed E-state index contributed by atoms with van der Waals surface area (Å²) in [5.74, 6) is 0. The van der Waals surface area contributed by atoms with Crippen LogP contribution in [0.4, 0.5) is 0 Å². The minimum atomic E-state index is 0.263. The topological polar surface area (TPSA) is 39.6 Å². The molecular weight excluding hydrogens is 214 g/mol. The summed E-state index contributed by atoms with van der Waals surface area (Å²) in [7, 11) is 0. The lowest BCUT2D eigenvalue weighted by atomic mass is 10.2. The van der Waals surface area contributed by atoms with Crippen LogP contribution in [-0.4, -0.2) is 59.2 Å². The Bertz CT molecular complexity index is 331. The van der Waals surface area contributed by atoms with E-state index in [1.165, 1.54) is 5.56 Å². The third kappa shape index (κ3) is 3.77. The van der Waals surface area contributed by atoms with Gasteiger partial charge in [-0.2, -0.15) is 0 Å². The van der Waals surface area contributed by atoms with E-state index < -0.39 is 0 Å². The number of β-amino-alcohol motifs (C(OH)–C–C–N with tert-alkyl or cyclic N) is 1. The fourth-order valence-electron chi connectivity index (χ4n) is 2.13. The molecule has 1 fully saturated rings. The Morgan fingerprint density at radius 2 is 1.88 bits per heavy atom. The monoisotopic (exact) mass is 235 g/mol. The van der Waals surface area contributed by atoms with Gasteiger partial charge in [-0.25, -0.2) is 0 Å². The molecule has 0 saturated carbocycles. The molecule has 2 heterocycles. The Morgan fingerprint density at radius 3 is 2.47 bits per heavy atom. The first kappa shape index (κ1) is 12.5. The van der Waals surface area contributed by atoms with Gasteiger partial charge < -0.3 is 5.11 Å². The summed E-state index contributed by atoms with van der Waals surface area (Å²) in [4.78, 5) is 9.16. The summed E-state index contributed by atoms with van der Waals surface area (Å²) in [6.07, 6.45) is 1.93. The van der Waals surface area contributed by atoms with Gasteiger partial charge in [-0.1, -0.05) is 6.07 Å². The molecule has 0 bridgehead atoms. The van der Waals surface area contributed by atoms with Crippen LogP contribution < -0.4 is 0 Å². The Balaban J connectivity index is 1.79. The molecule has 17 heavy (non-hydrogen) atoms. The van der Waals surface area contributed by atoms with Crippen LogP contribution in [-0.2, 0) is 6.54 Å². The number of nitrogens with zero attached hydrogens (tertiary/aromatic N) is 3. The van der Waals surface area contributed by atoms with E-state index in [0.29, 0.717) is 0 Å². The van der Waals surface area contributed by atoms with Gasteiger partial charge in [0.05, 0.1) is 12.3 Å². The smallest absolute Gasteiger partial charge is 0.0558 e. The van der Waals surface area contributed by atoms with Crippen LogP contribution in [0.1, 0.15) is 11.3 Å². The summed E-state index contributed by atoms with van der Waals surface area (Å²) in [5, 5.41) is 8.88. The zero-order chi connectivity index (χ0) is 12.1. The SMILES string of the molecule is Cc1ccc(CN2CCN(CCO)CC2)nc1. The van der Waals surface area contributed by atoms with Gasteiger partial charge in [0.1, 0.15) is 0 Å². The maximum Gasteiger partial charge on any atom is 0.0558 e. The summed E-state index contributed by atoms with van der Waals surface area (Å²) in [6, 6.07) is 4.22.